The number of nitrogens with zero attached hydrogens (tertiary/aromatic N) is 1. The first-order valence-corrected chi connectivity index (χ1v) is 9.15. The van der Waals surface area contributed by atoms with Crippen molar-refractivity contribution in [3.05, 3.63) is 35.5 Å². The van der Waals surface area contributed by atoms with Gasteiger partial charge in [0.15, 0.2) is 0 Å². The summed E-state index contributed by atoms with van der Waals surface area (Å²) < 4.78 is 0. The highest BCUT2D eigenvalue weighted by Crippen LogP contribution is 2.36. The number of amides is 1. The van der Waals surface area contributed by atoms with E-state index in [1.807, 2.05) is 4.90 Å². The predicted molar refractivity (Wildman–Crippen MR) is 99.1 cm³/mol. The minimum Gasteiger partial charge on any atom is -0.356 e. The molecule has 3 rings (SSSR count). The Morgan fingerprint density at radius 1 is 1.38 bits per heavy atom. The van der Waals surface area contributed by atoms with Crippen LogP contribution in [-0.4, -0.2) is 35.4 Å². The van der Waals surface area contributed by atoms with Gasteiger partial charge in [-0.3, -0.25) is 4.79 Å². The topological polar surface area (TPSA) is 48.1 Å². The van der Waals surface area contributed by atoms with Gasteiger partial charge in [0, 0.05) is 30.1 Å². The second-order valence-corrected chi connectivity index (χ2v) is 7.28. The first-order valence-electron chi connectivity index (χ1n) is 9.15. The fraction of sp³-hybridized carbons (Fsp3) is 0.550. The van der Waals surface area contributed by atoms with Gasteiger partial charge in [0.05, 0.1) is 6.04 Å². The van der Waals surface area contributed by atoms with Crippen LogP contribution in [0.5, 0.6) is 0 Å². The van der Waals surface area contributed by atoms with Crippen LogP contribution in [0, 0.1) is 5.92 Å². The highest BCUT2D eigenvalue weighted by molar-refractivity contribution is 5.86. The zero-order valence-corrected chi connectivity index (χ0v) is 15.1. The summed E-state index contributed by atoms with van der Waals surface area (Å²) in [5.74, 6) is 0.855. The molecule has 2 heterocycles. The molecule has 0 saturated carbocycles. The van der Waals surface area contributed by atoms with E-state index in [-0.39, 0.29) is 11.9 Å². The highest BCUT2D eigenvalue weighted by atomic mass is 16.2. The first kappa shape index (κ1) is 17.0. The average molecular weight is 327 g/mol. The van der Waals surface area contributed by atoms with E-state index in [9.17, 15) is 4.79 Å². The number of rotatable bonds is 6. The molecule has 0 spiro atoms. The molecule has 2 N–H and O–H groups in total. The summed E-state index contributed by atoms with van der Waals surface area (Å²) in [4.78, 5) is 17.7. The summed E-state index contributed by atoms with van der Waals surface area (Å²) in [6, 6.07) is 8.67. The molecule has 1 aliphatic heterocycles. The van der Waals surface area contributed by atoms with Crippen LogP contribution in [0.3, 0.4) is 0 Å². The van der Waals surface area contributed by atoms with Crippen LogP contribution in [0.4, 0.5) is 0 Å². The van der Waals surface area contributed by atoms with Gasteiger partial charge in [-0.15, -0.1) is 0 Å². The Balaban J connectivity index is 1.77. The van der Waals surface area contributed by atoms with Gasteiger partial charge in [-0.25, -0.2) is 0 Å². The lowest BCUT2D eigenvalue weighted by Gasteiger charge is -2.35. The van der Waals surface area contributed by atoms with E-state index in [1.165, 1.54) is 22.2 Å². The largest absolute Gasteiger partial charge is 0.356 e. The molecule has 1 aromatic heterocycles. The third-order valence-corrected chi connectivity index (χ3v) is 4.95. The number of carbonyl (C=O) groups excluding carboxylic acids is 1. The molecule has 0 aliphatic carbocycles. The van der Waals surface area contributed by atoms with E-state index in [4.69, 9.17) is 0 Å². The summed E-state index contributed by atoms with van der Waals surface area (Å²) >= 11 is 0. The number of para-hydroxylation sites is 1. The van der Waals surface area contributed by atoms with Crippen LogP contribution in [0.2, 0.25) is 0 Å². The molecule has 130 valence electrons. The summed E-state index contributed by atoms with van der Waals surface area (Å²) in [7, 11) is 0. The molecule has 0 bridgehead atoms. The Morgan fingerprint density at radius 2 is 2.17 bits per heavy atom. The van der Waals surface area contributed by atoms with E-state index >= 15 is 0 Å². The fourth-order valence-electron chi connectivity index (χ4n) is 3.81. The molecule has 1 aliphatic rings. The minimum absolute atomic E-state index is 0.180. The maximum absolute atomic E-state index is 12.1. The third-order valence-electron chi connectivity index (χ3n) is 4.95. The Morgan fingerprint density at radius 3 is 2.92 bits per heavy atom. The number of hydrogen-bond donors (Lipinski definition) is 2. The van der Waals surface area contributed by atoms with E-state index < -0.39 is 0 Å². The predicted octanol–water partition coefficient (Wildman–Crippen LogP) is 3.64. The molecule has 1 amide bonds. The third kappa shape index (κ3) is 3.48. The van der Waals surface area contributed by atoms with Gasteiger partial charge in [0.25, 0.3) is 0 Å². The van der Waals surface area contributed by atoms with Crippen molar-refractivity contribution < 1.29 is 4.79 Å². The van der Waals surface area contributed by atoms with E-state index in [1.54, 1.807) is 6.92 Å². The van der Waals surface area contributed by atoms with Gasteiger partial charge in [-0.2, -0.15) is 0 Å². The zero-order chi connectivity index (χ0) is 17.1. The number of carbonyl (C=O) groups is 1. The first-order chi connectivity index (χ1) is 11.6. The molecule has 0 radical (unpaired) electrons. The molecule has 2 aromatic rings. The van der Waals surface area contributed by atoms with Crippen molar-refractivity contribution in [2.75, 3.05) is 19.6 Å². The molecule has 1 unspecified atom stereocenters. The number of benzene rings is 1. The van der Waals surface area contributed by atoms with Gasteiger partial charge < -0.3 is 15.2 Å². The molecular formula is C20H29N3O. The van der Waals surface area contributed by atoms with Crippen molar-refractivity contribution in [2.45, 2.75) is 46.1 Å². The lowest BCUT2D eigenvalue weighted by Crippen LogP contribution is -2.39. The van der Waals surface area contributed by atoms with Crippen LogP contribution < -0.4 is 5.32 Å². The van der Waals surface area contributed by atoms with Gasteiger partial charge in [0.1, 0.15) is 0 Å². The summed E-state index contributed by atoms with van der Waals surface area (Å²) in [6.07, 6.45) is 3.03. The Bertz CT molecular complexity index is 704. The van der Waals surface area contributed by atoms with Gasteiger partial charge in [-0.05, 0) is 49.9 Å². The molecule has 1 aromatic carbocycles. The second kappa shape index (κ2) is 7.39. The maximum atomic E-state index is 12.1. The molecule has 0 saturated heterocycles. The second-order valence-electron chi connectivity index (χ2n) is 7.28. The van der Waals surface area contributed by atoms with Gasteiger partial charge in [0.2, 0.25) is 5.91 Å². The Hall–Kier alpha value is -1.81. The number of H-pyrrole nitrogens is 1. The molecule has 0 fully saturated rings. The number of hydrogen-bond acceptors (Lipinski definition) is 2. The molecular weight excluding hydrogens is 298 g/mol. The highest BCUT2D eigenvalue weighted by Gasteiger charge is 2.31. The van der Waals surface area contributed by atoms with Crippen molar-refractivity contribution in [3.8, 4) is 0 Å². The van der Waals surface area contributed by atoms with E-state index in [0.717, 1.165) is 38.9 Å². The van der Waals surface area contributed by atoms with E-state index in [2.05, 4.69) is 48.4 Å². The summed E-state index contributed by atoms with van der Waals surface area (Å²) in [6.45, 7) is 9.03. The maximum Gasteiger partial charge on any atom is 0.220 e. The molecule has 4 heteroatoms. The lowest BCUT2D eigenvalue weighted by atomic mass is 9.94. The van der Waals surface area contributed by atoms with Crippen molar-refractivity contribution in [2.24, 2.45) is 5.92 Å². The van der Waals surface area contributed by atoms with E-state index in [0.29, 0.717) is 5.92 Å². The quantitative estimate of drug-likeness (QED) is 0.796. The van der Waals surface area contributed by atoms with Crippen LogP contribution >= 0.6 is 0 Å². The smallest absolute Gasteiger partial charge is 0.220 e. The molecule has 1 atom stereocenters. The van der Waals surface area contributed by atoms with Crippen molar-refractivity contribution in [1.29, 1.82) is 0 Å². The number of nitrogens with one attached hydrogen (secondary N) is 2. The van der Waals surface area contributed by atoms with Crippen LogP contribution in [0.1, 0.15) is 50.9 Å². The fourth-order valence-corrected chi connectivity index (χ4v) is 3.81. The SMILES string of the molecule is CC(=O)N1CCc2c([nH]c3ccccc23)C1CCCNCC(C)C. The number of aromatic nitrogens is 1. The van der Waals surface area contributed by atoms with Crippen molar-refractivity contribution >= 4 is 16.8 Å². The Kier molecular flexibility index (Phi) is 5.24. The summed E-state index contributed by atoms with van der Waals surface area (Å²) in [5.41, 5.74) is 3.85. The number of aromatic amines is 1. The van der Waals surface area contributed by atoms with Crippen molar-refractivity contribution in [1.82, 2.24) is 15.2 Å². The monoisotopic (exact) mass is 327 g/mol. The van der Waals surface area contributed by atoms with Crippen LogP contribution in [-0.2, 0) is 11.2 Å². The lowest BCUT2D eigenvalue weighted by molar-refractivity contribution is -0.132. The van der Waals surface area contributed by atoms with Crippen LogP contribution in [0.15, 0.2) is 24.3 Å². The minimum atomic E-state index is 0.180. The molecule has 24 heavy (non-hydrogen) atoms. The van der Waals surface area contributed by atoms with Crippen molar-refractivity contribution in [3.63, 3.8) is 0 Å². The Labute approximate surface area is 144 Å². The normalized spacial score (nSPS) is 17.5. The summed E-state index contributed by atoms with van der Waals surface area (Å²) in [5, 5.41) is 4.82. The standard InChI is InChI=1S/C20H29N3O/c1-14(2)13-21-11-6-9-19-20-17(10-12-23(19)15(3)24)16-7-4-5-8-18(16)22-20/h4-5,7-8,14,19,21-22H,6,9-13H2,1-3H3. The number of fused-ring (bicyclic) bond motifs is 3. The van der Waals surface area contributed by atoms with Gasteiger partial charge >= 0.3 is 0 Å². The van der Waals surface area contributed by atoms with Crippen LogP contribution in [0.25, 0.3) is 10.9 Å². The zero-order valence-electron chi connectivity index (χ0n) is 15.1. The average Bonchev–Trinajstić information content (AvgIpc) is 2.93. The van der Waals surface area contributed by atoms with Gasteiger partial charge in [-0.1, -0.05) is 32.0 Å². The molecule has 4 nitrogen and oxygen atoms in total.